The Balaban J connectivity index is 1.02. The zero-order valence-corrected chi connectivity index (χ0v) is 44.1. The number of H-pyrrole nitrogens is 2. The number of nitrogens with one attached hydrogen (secondary N) is 8. The number of likely N-dealkylation sites (N-methyl/N-ethyl adjacent to an activating group) is 2. The second-order valence-corrected chi connectivity index (χ2v) is 20.4. The Bertz CT molecular complexity index is 2890. The Hall–Kier alpha value is -7.94. The van der Waals surface area contributed by atoms with Crippen molar-refractivity contribution >= 4 is 46.8 Å². The first kappa shape index (κ1) is 57.3. The van der Waals surface area contributed by atoms with Crippen LogP contribution >= 0.6 is 0 Å². The molecule has 4 atom stereocenters. The third-order valence-electron chi connectivity index (χ3n) is 13.6. The molecule has 0 aliphatic carbocycles. The van der Waals surface area contributed by atoms with Gasteiger partial charge in [-0.1, -0.05) is 63.8 Å². The zero-order chi connectivity index (χ0) is 55.5. The molecule has 4 aromatic rings. The Morgan fingerprint density at radius 1 is 0.605 bits per heavy atom. The minimum absolute atomic E-state index is 0.0541. The number of anilines is 2. The van der Waals surface area contributed by atoms with Crippen molar-refractivity contribution in [2.45, 2.75) is 115 Å². The standard InChI is InChI=1S/C56H66F2N10O8/c1-33(59-7)49(71)63-41(53(75)67-31-55(3,4)47-43(67)29-37(51(73)65-47)27-35-13-17-39(57)18-14-35)21-23-45(69)61-25-11-9-10-12-26-62-46(70)24-22-42(64-50(72)34(2)60-8)54(76)68-32-56(5,6)48-44(68)30-38(52(74)66-48)28-36-15-19-40(58)20-16-36/h13-20,29-30,33-34,41-42,59-60H,21-28,31-32H2,1-8H3,(H,61,69)(H,62,70)(H,63,71)(H,64,72)(H,65,73)(H,66,74)/t33-,34-,41+,42+/m1/s1. The fraction of sp³-hybridized carbons (Fsp3) is 0.429. The van der Waals surface area contributed by atoms with Gasteiger partial charge in [-0.15, -0.1) is 0 Å². The smallest absolute Gasteiger partial charge is 0.251 e. The van der Waals surface area contributed by atoms with Crippen molar-refractivity contribution in [3.63, 3.8) is 0 Å². The summed E-state index contributed by atoms with van der Waals surface area (Å²) in [4.78, 5) is 116. The molecular weight excluding hydrogens is 979 g/mol. The number of halogens is 2. The fourth-order valence-electron chi connectivity index (χ4n) is 8.93. The van der Waals surface area contributed by atoms with E-state index in [1.807, 2.05) is 27.7 Å². The molecule has 8 N–H and O–H groups in total. The SMILES string of the molecule is CN[C@H](C)C(=O)N[C@@H](CCC(=O)NCC#CC#CCNC(=O)CC[C@H](NC(=O)[C@@H](C)NC)C(=O)N1CC(C)(C)c2[nH]c(=O)c(Cc3ccc(F)cc3)cc21)C(=O)N1CC(C)(C)c2[nH]c(=O)c(Cc3ccc(F)cc3)cc21. The van der Waals surface area contributed by atoms with Gasteiger partial charge in [0, 0.05) is 72.1 Å². The second kappa shape index (κ2) is 25.1. The maximum atomic E-state index is 14.3. The summed E-state index contributed by atoms with van der Waals surface area (Å²) in [6.45, 7) is 11.0. The van der Waals surface area contributed by atoms with Crippen LogP contribution in [0.2, 0.25) is 0 Å². The molecule has 0 bridgehead atoms. The van der Waals surface area contributed by atoms with E-state index < -0.39 is 82.1 Å². The van der Waals surface area contributed by atoms with Crippen LogP contribution in [0.15, 0.2) is 70.3 Å². The monoisotopic (exact) mass is 1040 g/mol. The summed E-state index contributed by atoms with van der Waals surface area (Å²) in [6.07, 6.45) is -0.0265. The molecule has 18 nitrogen and oxygen atoms in total. The van der Waals surface area contributed by atoms with E-state index in [9.17, 15) is 47.1 Å². The maximum Gasteiger partial charge on any atom is 0.251 e. The van der Waals surface area contributed by atoms with E-state index in [0.717, 1.165) is 0 Å². The lowest BCUT2D eigenvalue weighted by molar-refractivity contribution is -0.129. The van der Waals surface area contributed by atoms with Crippen LogP contribution in [0, 0.1) is 35.3 Å². The van der Waals surface area contributed by atoms with Crippen molar-refractivity contribution in [2.24, 2.45) is 0 Å². The van der Waals surface area contributed by atoms with E-state index >= 15 is 0 Å². The van der Waals surface area contributed by atoms with Crippen molar-refractivity contribution < 1.29 is 37.5 Å². The molecule has 0 saturated heterocycles. The number of carbonyl (C=O) groups excluding carboxylic acids is 6. The van der Waals surface area contributed by atoms with E-state index in [2.05, 4.69) is 65.6 Å². The molecule has 402 valence electrons. The van der Waals surface area contributed by atoms with Crippen molar-refractivity contribution in [3.05, 3.63) is 127 Å². The molecule has 0 saturated carbocycles. The van der Waals surface area contributed by atoms with Gasteiger partial charge in [-0.3, -0.25) is 38.4 Å². The van der Waals surface area contributed by atoms with Crippen LogP contribution < -0.4 is 52.8 Å². The number of amides is 6. The molecular formula is C56H66F2N10O8. The lowest BCUT2D eigenvalue weighted by Crippen LogP contribution is -2.53. The Kier molecular flexibility index (Phi) is 18.9. The minimum atomic E-state index is -1.11. The Labute approximate surface area is 440 Å². The number of aromatic nitrogens is 2. The van der Waals surface area contributed by atoms with Crippen LogP contribution in [-0.2, 0) is 52.4 Å². The molecule has 0 unspecified atom stereocenters. The molecule has 0 radical (unpaired) electrons. The predicted octanol–water partition coefficient (Wildman–Crippen LogP) is 2.46. The molecule has 4 heterocycles. The van der Waals surface area contributed by atoms with Crippen LogP contribution in [0.1, 0.15) is 101 Å². The number of carbonyl (C=O) groups is 6. The number of pyridine rings is 2. The van der Waals surface area contributed by atoms with Crippen LogP contribution in [-0.4, -0.2) is 110 Å². The summed E-state index contributed by atoms with van der Waals surface area (Å²) < 4.78 is 27.2. The molecule has 20 heteroatoms. The average Bonchev–Trinajstić information content (AvgIpc) is 3.85. The highest BCUT2D eigenvalue weighted by Gasteiger charge is 2.43. The highest BCUT2D eigenvalue weighted by Crippen LogP contribution is 2.41. The third kappa shape index (κ3) is 14.5. The van der Waals surface area contributed by atoms with Gasteiger partial charge in [-0.2, -0.15) is 0 Å². The molecule has 76 heavy (non-hydrogen) atoms. The second-order valence-electron chi connectivity index (χ2n) is 20.4. The zero-order valence-electron chi connectivity index (χ0n) is 44.1. The van der Waals surface area contributed by atoms with Gasteiger partial charge in [-0.25, -0.2) is 8.78 Å². The topological polar surface area (TPSA) is 247 Å². The van der Waals surface area contributed by atoms with Gasteiger partial charge in [0.15, 0.2) is 0 Å². The highest BCUT2D eigenvalue weighted by atomic mass is 19.1. The van der Waals surface area contributed by atoms with Crippen molar-refractivity contribution in [2.75, 3.05) is 50.1 Å². The number of rotatable bonds is 20. The maximum absolute atomic E-state index is 14.3. The van der Waals surface area contributed by atoms with Gasteiger partial charge in [0.05, 0.1) is 36.5 Å². The van der Waals surface area contributed by atoms with E-state index in [1.165, 1.54) is 34.1 Å². The molecule has 2 aliphatic rings. The number of hydrogen-bond acceptors (Lipinski definition) is 10. The first-order chi connectivity index (χ1) is 36.0. The summed E-state index contributed by atoms with van der Waals surface area (Å²) in [7, 11) is 3.20. The van der Waals surface area contributed by atoms with Gasteiger partial charge in [-0.05, 0) is 100 Å². The van der Waals surface area contributed by atoms with Crippen LogP contribution in [0.3, 0.4) is 0 Å². The van der Waals surface area contributed by atoms with Crippen molar-refractivity contribution in [1.29, 1.82) is 0 Å². The quantitative estimate of drug-likeness (QED) is 0.0601. The summed E-state index contributed by atoms with van der Waals surface area (Å²) in [6, 6.07) is 11.3. The van der Waals surface area contributed by atoms with E-state index in [-0.39, 0.29) is 75.8 Å². The summed E-state index contributed by atoms with van der Waals surface area (Å²) in [5.74, 6) is 7.12. The normalized spacial score (nSPS) is 15.3. The number of hydrogen-bond donors (Lipinski definition) is 8. The van der Waals surface area contributed by atoms with Gasteiger partial charge in [0.1, 0.15) is 23.7 Å². The Morgan fingerprint density at radius 3 is 1.30 bits per heavy atom. The van der Waals surface area contributed by atoms with Gasteiger partial charge in [0.2, 0.25) is 35.4 Å². The largest absolute Gasteiger partial charge is 0.345 e. The lowest BCUT2D eigenvalue weighted by Gasteiger charge is -2.27. The van der Waals surface area contributed by atoms with E-state index in [4.69, 9.17) is 0 Å². The molecule has 2 aromatic heterocycles. The third-order valence-corrected chi connectivity index (χ3v) is 13.6. The average molecular weight is 1050 g/mol. The van der Waals surface area contributed by atoms with E-state index in [1.54, 1.807) is 64.3 Å². The summed E-state index contributed by atoms with van der Waals surface area (Å²) in [5.41, 5.74) is 2.21. The summed E-state index contributed by atoms with van der Waals surface area (Å²) >= 11 is 0. The van der Waals surface area contributed by atoms with Crippen molar-refractivity contribution in [1.82, 2.24) is 41.9 Å². The lowest BCUT2D eigenvalue weighted by atomic mass is 9.91. The van der Waals surface area contributed by atoms with Gasteiger partial charge in [0.25, 0.3) is 11.1 Å². The molecule has 2 aliphatic heterocycles. The van der Waals surface area contributed by atoms with Gasteiger partial charge >= 0.3 is 0 Å². The molecule has 2 aromatic carbocycles. The molecule has 6 amide bonds. The van der Waals surface area contributed by atoms with Crippen molar-refractivity contribution in [3.8, 4) is 23.7 Å². The summed E-state index contributed by atoms with van der Waals surface area (Å²) in [5, 5.41) is 16.6. The molecule has 0 spiro atoms. The number of aromatic amines is 2. The fourth-order valence-corrected chi connectivity index (χ4v) is 8.93. The highest BCUT2D eigenvalue weighted by molar-refractivity contribution is 6.03. The van der Waals surface area contributed by atoms with Crippen LogP contribution in [0.4, 0.5) is 20.2 Å². The Morgan fingerprint density at radius 2 is 0.961 bits per heavy atom. The predicted molar refractivity (Wildman–Crippen MR) is 284 cm³/mol. The van der Waals surface area contributed by atoms with Crippen LogP contribution in [0.25, 0.3) is 0 Å². The van der Waals surface area contributed by atoms with Gasteiger partial charge < -0.3 is 51.7 Å². The minimum Gasteiger partial charge on any atom is -0.345 e. The molecule has 6 rings (SSSR count). The number of nitrogens with zero attached hydrogens (tertiary/aromatic N) is 2. The van der Waals surface area contributed by atoms with Crippen LogP contribution in [0.5, 0.6) is 0 Å². The number of fused-ring (bicyclic) bond motifs is 2. The van der Waals surface area contributed by atoms with E-state index in [0.29, 0.717) is 45.0 Å². The first-order valence-electron chi connectivity index (χ1n) is 25.1. The number of benzene rings is 2. The molecule has 0 fully saturated rings. The first-order valence-corrected chi connectivity index (χ1v) is 25.1.